The number of carbonyl (C=O) groups excluding carboxylic acids is 1. The fraction of sp³-hybridized carbons (Fsp3) is 0.118. The molecule has 0 radical (unpaired) electrons. The van der Waals surface area contributed by atoms with E-state index >= 15 is 0 Å². The lowest BCUT2D eigenvalue weighted by atomic mass is 10.2. The smallest absolute Gasteiger partial charge is 0.264 e. The van der Waals surface area contributed by atoms with Crippen LogP contribution in [0.5, 0.6) is 0 Å². The second kappa shape index (κ2) is 6.58. The summed E-state index contributed by atoms with van der Waals surface area (Å²) in [5.41, 5.74) is 1.64. The van der Waals surface area contributed by atoms with Crippen molar-refractivity contribution in [3.05, 3.63) is 72.3 Å². The molecule has 0 amide bonds. The summed E-state index contributed by atoms with van der Waals surface area (Å²) >= 11 is 0. The van der Waals surface area contributed by atoms with E-state index in [1.54, 1.807) is 48.5 Å². The number of carbonyl (C=O) groups is 1. The number of anilines is 1. The Balaban J connectivity index is 2.58. The Morgan fingerprint density at radius 2 is 1.73 bits per heavy atom. The molecule has 0 unspecified atom stereocenters. The summed E-state index contributed by atoms with van der Waals surface area (Å²) in [5, 5.41) is 0. The SMILES string of the molecule is C=CCN(c1ccccc1C=O)S(=O)(=O)c1ccc(C)cc1. The maximum absolute atomic E-state index is 12.9. The molecule has 0 aromatic heterocycles. The van der Waals surface area contributed by atoms with Crippen LogP contribution in [-0.2, 0) is 10.0 Å². The van der Waals surface area contributed by atoms with Crippen LogP contribution in [-0.4, -0.2) is 21.2 Å². The zero-order chi connectivity index (χ0) is 16.2. The molecule has 0 atom stereocenters. The molecule has 114 valence electrons. The predicted molar refractivity (Wildman–Crippen MR) is 87.7 cm³/mol. The van der Waals surface area contributed by atoms with Crippen molar-refractivity contribution >= 4 is 22.0 Å². The van der Waals surface area contributed by atoms with Crippen LogP contribution in [0.1, 0.15) is 15.9 Å². The Morgan fingerprint density at radius 1 is 1.09 bits per heavy atom. The van der Waals surface area contributed by atoms with E-state index in [1.807, 2.05) is 6.92 Å². The van der Waals surface area contributed by atoms with Gasteiger partial charge >= 0.3 is 0 Å². The van der Waals surface area contributed by atoms with Crippen molar-refractivity contribution in [1.82, 2.24) is 0 Å². The molecule has 0 saturated carbocycles. The van der Waals surface area contributed by atoms with Crippen LogP contribution in [0.15, 0.2) is 66.1 Å². The molecule has 2 aromatic rings. The Bertz CT molecular complexity index is 780. The minimum absolute atomic E-state index is 0.0844. The third kappa shape index (κ3) is 3.09. The summed E-state index contributed by atoms with van der Waals surface area (Å²) in [6.07, 6.45) is 2.14. The van der Waals surface area contributed by atoms with Gasteiger partial charge in [0.2, 0.25) is 0 Å². The highest BCUT2D eigenvalue weighted by atomic mass is 32.2. The van der Waals surface area contributed by atoms with Crippen LogP contribution in [0.2, 0.25) is 0 Å². The van der Waals surface area contributed by atoms with Crippen LogP contribution in [0.4, 0.5) is 5.69 Å². The van der Waals surface area contributed by atoms with E-state index in [4.69, 9.17) is 0 Å². The second-order valence-corrected chi connectivity index (χ2v) is 6.68. The molecule has 0 fully saturated rings. The largest absolute Gasteiger partial charge is 0.298 e. The zero-order valence-corrected chi connectivity index (χ0v) is 13.1. The molecule has 0 aliphatic carbocycles. The normalized spacial score (nSPS) is 11.0. The third-order valence-electron chi connectivity index (χ3n) is 3.24. The van der Waals surface area contributed by atoms with Gasteiger partial charge in [0.25, 0.3) is 10.0 Å². The number of para-hydroxylation sites is 1. The molecule has 0 spiro atoms. The van der Waals surface area contributed by atoms with E-state index in [2.05, 4.69) is 6.58 Å². The predicted octanol–water partition coefficient (Wildman–Crippen LogP) is 3.19. The zero-order valence-electron chi connectivity index (χ0n) is 12.3. The lowest BCUT2D eigenvalue weighted by Gasteiger charge is -2.24. The van der Waals surface area contributed by atoms with Gasteiger partial charge in [-0.05, 0) is 31.2 Å². The van der Waals surface area contributed by atoms with Crippen LogP contribution in [0.3, 0.4) is 0 Å². The van der Waals surface area contributed by atoms with Crippen LogP contribution >= 0.6 is 0 Å². The molecule has 0 bridgehead atoms. The number of hydrogen-bond acceptors (Lipinski definition) is 3. The van der Waals surface area contributed by atoms with Gasteiger partial charge in [0, 0.05) is 5.56 Å². The fourth-order valence-electron chi connectivity index (χ4n) is 2.09. The molecular formula is C17H17NO3S. The summed E-state index contributed by atoms with van der Waals surface area (Å²) in [6, 6.07) is 13.2. The van der Waals surface area contributed by atoms with E-state index in [1.165, 1.54) is 10.4 Å². The molecule has 22 heavy (non-hydrogen) atoms. The average Bonchev–Trinajstić information content (AvgIpc) is 2.53. The van der Waals surface area contributed by atoms with Crippen molar-refractivity contribution in [1.29, 1.82) is 0 Å². The van der Waals surface area contributed by atoms with Gasteiger partial charge in [-0.25, -0.2) is 8.42 Å². The Labute approximate surface area is 130 Å². The highest BCUT2D eigenvalue weighted by molar-refractivity contribution is 7.92. The third-order valence-corrected chi connectivity index (χ3v) is 5.03. The summed E-state index contributed by atoms with van der Waals surface area (Å²) in [5.74, 6) is 0. The van der Waals surface area contributed by atoms with Crippen molar-refractivity contribution in [2.24, 2.45) is 0 Å². The number of benzene rings is 2. The standard InChI is InChI=1S/C17H17NO3S/c1-3-12-18(17-7-5-4-6-15(17)13-19)22(20,21)16-10-8-14(2)9-11-16/h3-11,13H,1,12H2,2H3. The monoisotopic (exact) mass is 315 g/mol. The second-order valence-electron chi connectivity index (χ2n) is 4.81. The molecular weight excluding hydrogens is 298 g/mol. The van der Waals surface area contributed by atoms with Crippen molar-refractivity contribution in [3.8, 4) is 0 Å². The van der Waals surface area contributed by atoms with Crippen LogP contribution in [0.25, 0.3) is 0 Å². The van der Waals surface area contributed by atoms with Gasteiger partial charge in [-0.3, -0.25) is 9.10 Å². The minimum atomic E-state index is -3.76. The number of aldehydes is 1. The highest BCUT2D eigenvalue weighted by Gasteiger charge is 2.25. The van der Waals surface area contributed by atoms with E-state index < -0.39 is 10.0 Å². The van der Waals surface area contributed by atoms with E-state index in [-0.39, 0.29) is 11.4 Å². The maximum Gasteiger partial charge on any atom is 0.264 e. The van der Waals surface area contributed by atoms with Gasteiger partial charge in [0.15, 0.2) is 6.29 Å². The summed E-state index contributed by atoms with van der Waals surface area (Å²) < 4.78 is 26.9. The number of hydrogen-bond donors (Lipinski definition) is 0. The fourth-order valence-corrected chi connectivity index (χ4v) is 3.56. The molecule has 4 nitrogen and oxygen atoms in total. The van der Waals surface area contributed by atoms with Gasteiger partial charge in [0.05, 0.1) is 17.1 Å². The Kier molecular flexibility index (Phi) is 4.78. The van der Waals surface area contributed by atoms with Crippen LogP contribution in [0, 0.1) is 6.92 Å². The Morgan fingerprint density at radius 3 is 2.32 bits per heavy atom. The first-order valence-electron chi connectivity index (χ1n) is 6.75. The van der Waals surface area contributed by atoms with E-state index in [0.29, 0.717) is 17.5 Å². The van der Waals surface area contributed by atoms with Gasteiger partial charge < -0.3 is 0 Å². The summed E-state index contributed by atoms with van der Waals surface area (Å²) in [6.45, 7) is 5.58. The molecule has 0 heterocycles. The minimum Gasteiger partial charge on any atom is -0.298 e. The number of nitrogens with zero attached hydrogens (tertiary/aromatic N) is 1. The molecule has 0 N–H and O–H groups in total. The Hall–Kier alpha value is -2.40. The molecule has 2 rings (SSSR count). The van der Waals surface area contributed by atoms with E-state index in [0.717, 1.165) is 5.56 Å². The lowest BCUT2D eigenvalue weighted by Crippen LogP contribution is -2.32. The van der Waals surface area contributed by atoms with Crippen molar-refractivity contribution < 1.29 is 13.2 Å². The number of aryl methyl sites for hydroxylation is 1. The first-order chi connectivity index (χ1) is 10.5. The van der Waals surface area contributed by atoms with Crippen LogP contribution < -0.4 is 4.31 Å². The molecule has 2 aromatic carbocycles. The quantitative estimate of drug-likeness (QED) is 0.607. The molecule has 0 aliphatic rings. The van der Waals surface area contributed by atoms with Crippen molar-refractivity contribution in [2.45, 2.75) is 11.8 Å². The first-order valence-corrected chi connectivity index (χ1v) is 8.19. The van der Waals surface area contributed by atoms with Gasteiger partial charge in [0.1, 0.15) is 0 Å². The van der Waals surface area contributed by atoms with E-state index in [9.17, 15) is 13.2 Å². The molecule has 5 heteroatoms. The molecule has 0 aliphatic heterocycles. The highest BCUT2D eigenvalue weighted by Crippen LogP contribution is 2.26. The maximum atomic E-state index is 12.9. The molecule has 0 saturated heterocycles. The van der Waals surface area contributed by atoms with Gasteiger partial charge in [-0.2, -0.15) is 0 Å². The van der Waals surface area contributed by atoms with Gasteiger partial charge in [-0.15, -0.1) is 6.58 Å². The number of sulfonamides is 1. The van der Waals surface area contributed by atoms with Crippen molar-refractivity contribution in [3.63, 3.8) is 0 Å². The average molecular weight is 315 g/mol. The summed E-state index contributed by atoms with van der Waals surface area (Å²) in [7, 11) is -3.76. The van der Waals surface area contributed by atoms with Crippen molar-refractivity contribution in [2.75, 3.05) is 10.8 Å². The lowest BCUT2D eigenvalue weighted by molar-refractivity contribution is 0.112. The first kappa shape index (κ1) is 16.0. The topological polar surface area (TPSA) is 54.5 Å². The summed E-state index contributed by atoms with van der Waals surface area (Å²) in [4.78, 5) is 11.4. The van der Waals surface area contributed by atoms with Gasteiger partial charge in [-0.1, -0.05) is 35.9 Å². The number of rotatable bonds is 6.